The number of anilines is 1. The van der Waals surface area contributed by atoms with Crippen LogP contribution in [0.4, 0.5) is 16.2 Å². The number of nitro benzene ring substituents is 1. The molecule has 2 fully saturated rings. The van der Waals surface area contributed by atoms with Gasteiger partial charge in [-0.3, -0.25) is 19.7 Å². The minimum atomic E-state index is -0.717. The van der Waals surface area contributed by atoms with Gasteiger partial charge in [0.05, 0.1) is 10.6 Å². The second-order valence-corrected chi connectivity index (χ2v) is 4.68. The molecule has 108 valence electrons. The number of carbonyl (C=O) groups excluding carboxylic acids is 3. The van der Waals surface area contributed by atoms with Crippen molar-refractivity contribution in [3.05, 3.63) is 34.4 Å². The molecule has 4 amide bonds. The van der Waals surface area contributed by atoms with Crippen molar-refractivity contribution in [2.45, 2.75) is 6.04 Å². The number of imide groups is 1. The number of nitrogens with zero attached hydrogens (tertiary/aromatic N) is 3. The molecule has 9 nitrogen and oxygen atoms in total. The molecule has 3 rings (SSSR count). The first-order valence-electron chi connectivity index (χ1n) is 6.15. The highest BCUT2D eigenvalue weighted by Gasteiger charge is 2.48. The lowest BCUT2D eigenvalue weighted by atomic mass is 10.2. The fourth-order valence-electron chi connectivity index (χ4n) is 2.40. The molecule has 0 saturated carbocycles. The molecule has 0 radical (unpaired) electrons. The van der Waals surface area contributed by atoms with Gasteiger partial charge in [0.25, 0.3) is 11.6 Å². The van der Waals surface area contributed by atoms with Gasteiger partial charge in [-0.2, -0.15) is 0 Å². The van der Waals surface area contributed by atoms with Crippen molar-refractivity contribution in [1.82, 2.24) is 10.2 Å². The van der Waals surface area contributed by atoms with Crippen molar-refractivity contribution >= 4 is 29.2 Å². The number of urea groups is 1. The molecule has 1 atom stereocenters. The molecule has 2 aliphatic heterocycles. The summed E-state index contributed by atoms with van der Waals surface area (Å²) in [6.45, 7) is -0.0917. The SMILES string of the molecule is O=C1CN2C(=O)N(c3ccc([N+](=O)[O-])cc3)C(=O)C2CN1. The van der Waals surface area contributed by atoms with Crippen LogP contribution in [0.2, 0.25) is 0 Å². The fourth-order valence-corrected chi connectivity index (χ4v) is 2.40. The number of rotatable bonds is 2. The van der Waals surface area contributed by atoms with Gasteiger partial charge in [0.1, 0.15) is 12.6 Å². The Bertz CT molecular complexity index is 656. The van der Waals surface area contributed by atoms with E-state index < -0.39 is 22.9 Å². The third kappa shape index (κ3) is 1.98. The summed E-state index contributed by atoms with van der Waals surface area (Å²) in [5, 5.41) is 13.1. The summed E-state index contributed by atoms with van der Waals surface area (Å²) < 4.78 is 0. The quantitative estimate of drug-likeness (QED) is 0.463. The Hall–Kier alpha value is -2.97. The summed E-state index contributed by atoms with van der Waals surface area (Å²) >= 11 is 0. The zero-order valence-electron chi connectivity index (χ0n) is 10.7. The predicted octanol–water partition coefficient (Wildman–Crippen LogP) is -0.138. The molecule has 1 unspecified atom stereocenters. The van der Waals surface area contributed by atoms with E-state index in [0.29, 0.717) is 0 Å². The van der Waals surface area contributed by atoms with Gasteiger partial charge in [-0.15, -0.1) is 0 Å². The highest BCUT2D eigenvalue weighted by molar-refractivity contribution is 6.22. The number of amides is 4. The smallest absolute Gasteiger partial charge is 0.332 e. The predicted molar refractivity (Wildman–Crippen MR) is 69.5 cm³/mol. The maximum Gasteiger partial charge on any atom is 0.332 e. The minimum Gasteiger partial charge on any atom is -0.352 e. The van der Waals surface area contributed by atoms with Crippen molar-refractivity contribution < 1.29 is 19.3 Å². The lowest BCUT2D eigenvalue weighted by Crippen LogP contribution is -2.54. The molecule has 0 spiro atoms. The van der Waals surface area contributed by atoms with Crippen LogP contribution in [-0.2, 0) is 9.59 Å². The third-order valence-electron chi connectivity index (χ3n) is 3.44. The number of fused-ring (bicyclic) bond motifs is 1. The van der Waals surface area contributed by atoms with Gasteiger partial charge < -0.3 is 10.2 Å². The zero-order chi connectivity index (χ0) is 15.1. The van der Waals surface area contributed by atoms with Crippen LogP contribution < -0.4 is 10.2 Å². The molecular weight excluding hydrogens is 280 g/mol. The number of hydrogen-bond acceptors (Lipinski definition) is 5. The Balaban J connectivity index is 1.91. The Morgan fingerprint density at radius 2 is 1.86 bits per heavy atom. The van der Waals surface area contributed by atoms with Gasteiger partial charge in [0.15, 0.2) is 0 Å². The lowest BCUT2D eigenvalue weighted by molar-refractivity contribution is -0.384. The second-order valence-electron chi connectivity index (χ2n) is 4.68. The van der Waals surface area contributed by atoms with E-state index in [9.17, 15) is 24.5 Å². The fraction of sp³-hybridized carbons (Fsp3) is 0.250. The number of hydrogen-bond donors (Lipinski definition) is 1. The summed E-state index contributed by atoms with van der Waals surface area (Å²) in [6.07, 6.45) is 0. The minimum absolute atomic E-state index is 0.0763. The van der Waals surface area contributed by atoms with Crippen molar-refractivity contribution in [2.24, 2.45) is 0 Å². The van der Waals surface area contributed by atoms with Crippen molar-refractivity contribution in [3.63, 3.8) is 0 Å². The Labute approximate surface area is 118 Å². The van der Waals surface area contributed by atoms with E-state index in [0.717, 1.165) is 4.90 Å². The molecule has 2 heterocycles. The molecule has 1 N–H and O–H groups in total. The highest BCUT2D eigenvalue weighted by Crippen LogP contribution is 2.27. The standard InChI is InChI=1S/C12H10N4O5/c17-10-6-14-9(5-13-10)11(18)15(12(14)19)7-1-3-8(4-2-7)16(20)21/h1-4,9H,5-6H2,(H,13,17). The van der Waals surface area contributed by atoms with E-state index in [1.165, 1.54) is 29.2 Å². The van der Waals surface area contributed by atoms with Crippen molar-refractivity contribution in [3.8, 4) is 0 Å². The number of carbonyl (C=O) groups is 3. The van der Waals surface area contributed by atoms with Gasteiger partial charge in [-0.05, 0) is 12.1 Å². The van der Waals surface area contributed by atoms with Gasteiger partial charge in [-0.25, -0.2) is 9.69 Å². The summed E-state index contributed by atoms with van der Waals surface area (Å²) in [6, 6.07) is 3.80. The van der Waals surface area contributed by atoms with Gasteiger partial charge in [-0.1, -0.05) is 0 Å². The topological polar surface area (TPSA) is 113 Å². The molecule has 1 aromatic rings. The Morgan fingerprint density at radius 1 is 1.19 bits per heavy atom. The zero-order valence-corrected chi connectivity index (χ0v) is 10.7. The first-order chi connectivity index (χ1) is 9.99. The summed E-state index contributed by atoms with van der Waals surface area (Å²) in [5.41, 5.74) is 0.116. The van der Waals surface area contributed by atoms with Gasteiger partial charge in [0.2, 0.25) is 5.91 Å². The molecule has 21 heavy (non-hydrogen) atoms. The number of benzene rings is 1. The summed E-state index contributed by atoms with van der Waals surface area (Å²) in [4.78, 5) is 48.0. The molecule has 0 bridgehead atoms. The maximum absolute atomic E-state index is 12.3. The van der Waals surface area contributed by atoms with Crippen LogP contribution in [0.25, 0.3) is 0 Å². The van der Waals surface area contributed by atoms with E-state index in [1.54, 1.807) is 0 Å². The lowest BCUT2D eigenvalue weighted by Gasteiger charge is -2.26. The molecular formula is C12H10N4O5. The van der Waals surface area contributed by atoms with E-state index in [4.69, 9.17) is 0 Å². The van der Waals surface area contributed by atoms with Crippen LogP contribution in [0.15, 0.2) is 24.3 Å². The Morgan fingerprint density at radius 3 is 2.48 bits per heavy atom. The van der Waals surface area contributed by atoms with Crippen LogP contribution in [0.1, 0.15) is 0 Å². The van der Waals surface area contributed by atoms with Crippen molar-refractivity contribution in [1.29, 1.82) is 0 Å². The Kier molecular flexibility index (Phi) is 2.82. The molecule has 0 aromatic heterocycles. The van der Waals surface area contributed by atoms with Crippen LogP contribution in [0, 0.1) is 10.1 Å². The second kappa shape index (κ2) is 4.54. The number of piperazine rings is 1. The molecule has 9 heteroatoms. The molecule has 0 aliphatic carbocycles. The van der Waals surface area contributed by atoms with Crippen molar-refractivity contribution in [2.75, 3.05) is 18.0 Å². The van der Waals surface area contributed by atoms with Crippen LogP contribution in [0.5, 0.6) is 0 Å². The molecule has 2 saturated heterocycles. The van der Waals surface area contributed by atoms with E-state index in [2.05, 4.69) is 5.32 Å². The summed E-state index contributed by atoms with van der Waals surface area (Å²) in [5.74, 6) is -0.771. The first kappa shape index (κ1) is 13.0. The van der Waals surface area contributed by atoms with E-state index >= 15 is 0 Å². The largest absolute Gasteiger partial charge is 0.352 e. The average Bonchev–Trinajstić information content (AvgIpc) is 2.70. The average molecular weight is 290 g/mol. The van der Waals surface area contributed by atoms with E-state index in [1.807, 2.05) is 0 Å². The number of nitro groups is 1. The molecule has 2 aliphatic rings. The summed E-state index contributed by atoms with van der Waals surface area (Å²) in [7, 11) is 0. The van der Waals surface area contributed by atoms with Gasteiger partial charge in [0, 0.05) is 18.7 Å². The van der Waals surface area contributed by atoms with Gasteiger partial charge >= 0.3 is 6.03 Å². The van der Waals surface area contributed by atoms with Crippen LogP contribution in [-0.4, -0.2) is 46.8 Å². The molecule has 1 aromatic carbocycles. The van der Waals surface area contributed by atoms with Crippen LogP contribution >= 0.6 is 0 Å². The van der Waals surface area contributed by atoms with Crippen LogP contribution in [0.3, 0.4) is 0 Å². The third-order valence-corrected chi connectivity index (χ3v) is 3.44. The normalized spacial score (nSPS) is 21.3. The number of non-ortho nitro benzene ring substituents is 1. The monoisotopic (exact) mass is 290 g/mol. The highest BCUT2D eigenvalue weighted by atomic mass is 16.6. The number of nitrogens with one attached hydrogen (secondary N) is 1. The first-order valence-corrected chi connectivity index (χ1v) is 6.15. The van der Waals surface area contributed by atoms with E-state index in [-0.39, 0.29) is 30.4 Å². The maximum atomic E-state index is 12.3.